The minimum absolute atomic E-state index is 0.0241. The molecule has 0 bridgehead atoms. The first kappa shape index (κ1) is 16.6. The fourth-order valence-electron chi connectivity index (χ4n) is 3.02. The van der Waals surface area contributed by atoms with Crippen LogP contribution in [0.25, 0.3) is 0 Å². The Hall–Kier alpha value is -2.21. The third kappa shape index (κ3) is 4.00. The van der Waals surface area contributed by atoms with E-state index in [1.165, 1.54) is 0 Å². The van der Waals surface area contributed by atoms with Crippen molar-refractivity contribution in [3.05, 3.63) is 47.1 Å². The highest BCUT2D eigenvalue weighted by Gasteiger charge is 2.22. The van der Waals surface area contributed by atoms with Gasteiger partial charge in [0.15, 0.2) is 5.82 Å². The summed E-state index contributed by atoms with van der Waals surface area (Å²) >= 11 is 0. The Bertz CT molecular complexity index is 690. The Balaban J connectivity index is 1.48. The molecule has 6 nitrogen and oxygen atoms in total. The number of amides is 1. The lowest BCUT2D eigenvalue weighted by Gasteiger charge is -2.31. The molecule has 3 rings (SSSR count). The molecule has 1 fully saturated rings. The zero-order chi connectivity index (χ0) is 16.9. The summed E-state index contributed by atoms with van der Waals surface area (Å²) in [5.41, 5.74) is 1.77. The van der Waals surface area contributed by atoms with E-state index >= 15 is 0 Å². The molecule has 24 heavy (non-hydrogen) atoms. The summed E-state index contributed by atoms with van der Waals surface area (Å²) in [5.74, 6) is 1.45. The van der Waals surface area contributed by atoms with E-state index in [1.54, 1.807) is 0 Å². The molecule has 1 aromatic heterocycles. The van der Waals surface area contributed by atoms with E-state index in [-0.39, 0.29) is 11.9 Å². The standard InChI is InChI=1S/C18H24N4O2/c1-3-16-20-17(24-21-16)12-22-10-8-14(9-11-22)19-18(23)15-7-5-4-6-13(15)2/h4-7,14H,3,8-12H2,1-2H3,(H,19,23). The number of hydrogen-bond donors (Lipinski definition) is 1. The fourth-order valence-corrected chi connectivity index (χ4v) is 3.02. The normalized spacial score (nSPS) is 16.2. The van der Waals surface area contributed by atoms with Crippen LogP contribution in [-0.4, -0.2) is 40.1 Å². The molecule has 1 aliphatic heterocycles. The van der Waals surface area contributed by atoms with Gasteiger partial charge in [-0.25, -0.2) is 0 Å². The number of hydrogen-bond acceptors (Lipinski definition) is 5. The predicted molar refractivity (Wildman–Crippen MR) is 90.6 cm³/mol. The quantitative estimate of drug-likeness (QED) is 0.912. The van der Waals surface area contributed by atoms with E-state index < -0.39 is 0 Å². The molecule has 0 spiro atoms. The predicted octanol–water partition coefficient (Wildman–Crippen LogP) is 2.33. The number of carbonyl (C=O) groups is 1. The molecule has 1 aromatic carbocycles. The lowest BCUT2D eigenvalue weighted by atomic mass is 10.0. The highest BCUT2D eigenvalue weighted by molar-refractivity contribution is 5.95. The van der Waals surface area contributed by atoms with E-state index in [0.29, 0.717) is 12.4 Å². The third-order valence-corrected chi connectivity index (χ3v) is 4.50. The van der Waals surface area contributed by atoms with Crippen LogP contribution in [0.4, 0.5) is 0 Å². The van der Waals surface area contributed by atoms with Gasteiger partial charge in [0.05, 0.1) is 6.54 Å². The molecule has 2 heterocycles. The van der Waals surface area contributed by atoms with Crippen molar-refractivity contribution >= 4 is 5.91 Å². The number of aromatic nitrogens is 2. The summed E-state index contributed by atoms with van der Waals surface area (Å²) in [4.78, 5) is 19.0. The largest absolute Gasteiger partial charge is 0.349 e. The maximum absolute atomic E-state index is 12.4. The van der Waals surface area contributed by atoms with Gasteiger partial charge in [0.25, 0.3) is 5.91 Å². The van der Waals surface area contributed by atoms with Crippen LogP contribution in [-0.2, 0) is 13.0 Å². The maximum atomic E-state index is 12.4. The molecule has 0 unspecified atom stereocenters. The number of piperidine rings is 1. The number of nitrogens with one attached hydrogen (secondary N) is 1. The molecular weight excluding hydrogens is 304 g/mol. The zero-order valence-electron chi connectivity index (χ0n) is 14.3. The molecule has 1 aliphatic rings. The van der Waals surface area contributed by atoms with E-state index in [0.717, 1.165) is 49.3 Å². The lowest BCUT2D eigenvalue weighted by molar-refractivity contribution is 0.0904. The Kier molecular flexibility index (Phi) is 5.25. The third-order valence-electron chi connectivity index (χ3n) is 4.50. The number of rotatable bonds is 5. The first-order chi connectivity index (χ1) is 11.7. The molecule has 128 valence electrons. The second-order valence-corrected chi connectivity index (χ2v) is 6.30. The van der Waals surface area contributed by atoms with Crippen LogP contribution in [0.15, 0.2) is 28.8 Å². The molecular formula is C18H24N4O2. The average molecular weight is 328 g/mol. The van der Waals surface area contributed by atoms with Crippen LogP contribution in [0.3, 0.4) is 0 Å². The van der Waals surface area contributed by atoms with E-state index in [2.05, 4.69) is 20.4 Å². The van der Waals surface area contributed by atoms with Gasteiger partial charge in [0.1, 0.15) is 0 Å². The van der Waals surface area contributed by atoms with Gasteiger partial charge in [-0.05, 0) is 31.4 Å². The molecule has 0 radical (unpaired) electrons. The highest BCUT2D eigenvalue weighted by atomic mass is 16.5. The second kappa shape index (κ2) is 7.57. The van der Waals surface area contributed by atoms with Gasteiger partial charge >= 0.3 is 0 Å². The molecule has 1 saturated heterocycles. The van der Waals surface area contributed by atoms with Crippen molar-refractivity contribution in [1.82, 2.24) is 20.4 Å². The van der Waals surface area contributed by atoms with Gasteiger partial charge in [-0.1, -0.05) is 30.3 Å². The summed E-state index contributed by atoms with van der Waals surface area (Å²) in [7, 11) is 0. The van der Waals surface area contributed by atoms with Gasteiger partial charge in [0, 0.05) is 31.1 Å². The number of benzene rings is 1. The average Bonchev–Trinajstić information content (AvgIpc) is 3.04. The minimum Gasteiger partial charge on any atom is -0.349 e. The summed E-state index contributed by atoms with van der Waals surface area (Å²) in [6.45, 7) is 6.50. The summed E-state index contributed by atoms with van der Waals surface area (Å²) < 4.78 is 5.25. The van der Waals surface area contributed by atoms with Crippen LogP contribution in [0, 0.1) is 6.92 Å². The Morgan fingerprint density at radius 1 is 1.33 bits per heavy atom. The molecule has 0 atom stereocenters. The van der Waals surface area contributed by atoms with E-state index in [4.69, 9.17) is 4.52 Å². The van der Waals surface area contributed by atoms with Crippen LogP contribution in [0.2, 0.25) is 0 Å². The SMILES string of the molecule is CCc1noc(CN2CCC(NC(=O)c3ccccc3C)CC2)n1. The maximum Gasteiger partial charge on any atom is 0.251 e. The zero-order valence-corrected chi connectivity index (χ0v) is 14.3. The van der Waals surface area contributed by atoms with Crippen LogP contribution in [0.1, 0.15) is 47.4 Å². The first-order valence-electron chi connectivity index (χ1n) is 8.56. The molecule has 0 saturated carbocycles. The second-order valence-electron chi connectivity index (χ2n) is 6.30. The molecule has 1 N–H and O–H groups in total. The lowest BCUT2D eigenvalue weighted by Crippen LogP contribution is -2.44. The minimum atomic E-state index is 0.0241. The van der Waals surface area contributed by atoms with Gasteiger partial charge in [-0.3, -0.25) is 9.69 Å². The first-order valence-corrected chi connectivity index (χ1v) is 8.56. The van der Waals surface area contributed by atoms with Crippen molar-refractivity contribution < 1.29 is 9.32 Å². The van der Waals surface area contributed by atoms with Crippen molar-refractivity contribution in [3.8, 4) is 0 Å². The number of aryl methyl sites for hydroxylation is 2. The molecule has 0 aliphatic carbocycles. The van der Waals surface area contributed by atoms with Crippen molar-refractivity contribution in [2.75, 3.05) is 13.1 Å². The number of carbonyl (C=O) groups excluding carboxylic acids is 1. The van der Waals surface area contributed by atoms with Crippen molar-refractivity contribution in [2.24, 2.45) is 0 Å². The van der Waals surface area contributed by atoms with Gasteiger partial charge < -0.3 is 9.84 Å². The Morgan fingerprint density at radius 2 is 2.08 bits per heavy atom. The van der Waals surface area contributed by atoms with E-state index in [1.807, 2.05) is 38.1 Å². The highest BCUT2D eigenvalue weighted by Crippen LogP contribution is 2.15. The summed E-state index contributed by atoms with van der Waals surface area (Å²) in [6.07, 6.45) is 2.66. The topological polar surface area (TPSA) is 71.3 Å². The Labute approximate surface area is 142 Å². The van der Waals surface area contributed by atoms with Crippen LogP contribution in [0.5, 0.6) is 0 Å². The number of likely N-dealkylation sites (tertiary alicyclic amines) is 1. The van der Waals surface area contributed by atoms with Gasteiger partial charge in [-0.2, -0.15) is 4.98 Å². The van der Waals surface area contributed by atoms with Crippen molar-refractivity contribution in [2.45, 2.75) is 45.7 Å². The van der Waals surface area contributed by atoms with Crippen molar-refractivity contribution in [3.63, 3.8) is 0 Å². The summed E-state index contributed by atoms with van der Waals surface area (Å²) in [5, 5.41) is 7.08. The van der Waals surface area contributed by atoms with Crippen LogP contribution >= 0.6 is 0 Å². The fraction of sp³-hybridized carbons (Fsp3) is 0.500. The van der Waals surface area contributed by atoms with Gasteiger partial charge in [-0.15, -0.1) is 0 Å². The van der Waals surface area contributed by atoms with Gasteiger partial charge in [0.2, 0.25) is 5.89 Å². The monoisotopic (exact) mass is 328 g/mol. The van der Waals surface area contributed by atoms with Crippen LogP contribution < -0.4 is 5.32 Å². The smallest absolute Gasteiger partial charge is 0.251 e. The molecule has 6 heteroatoms. The molecule has 2 aromatic rings. The number of nitrogens with zero attached hydrogens (tertiary/aromatic N) is 3. The van der Waals surface area contributed by atoms with Crippen molar-refractivity contribution in [1.29, 1.82) is 0 Å². The summed E-state index contributed by atoms with van der Waals surface area (Å²) in [6, 6.07) is 7.92. The van der Waals surface area contributed by atoms with E-state index in [9.17, 15) is 4.79 Å². The molecule has 1 amide bonds. The Morgan fingerprint density at radius 3 is 2.75 bits per heavy atom.